The Morgan fingerprint density at radius 2 is 0.525 bits per heavy atom. The van der Waals surface area contributed by atoms with Gasteiger partial charge in [-0.25, -0.2) is 0 Å². The molecule has 18 aromatic carbocycles. The second kappa shape index (κ2) is 15.6. The highest BCUT2D eigenvalue weighted by atomic mass is 14.4. The van der Waals surface area contributed by atoms with E-state index in [1.54, 1.807) is 0 Å². The van der Waals surface area contributed by atoms with Crippen LogP contribution in [0.3, 0.4) is 0 Å². The van der Waals surface area contributed by atoms with Gasteiger partial charge in [-0.05, 0) is 209 Å². The van der Waals surface area contributed by atoms with Crippen molar-refractivity contribution in [3.63, 3.8) is 0 Å². The maximum Gasteiger partial charge on any atom is 0 e. The molecule has 0 N–H and O–H groups in total. The monoisotopic (exact) mass is 1010 g/mol. The number of rotatable bonds is 5. The molecule has 0 radical (unpaired) electrons. The molecule has 0 unspecified atom stereocenters. The van der Waals surface area contributed by atoms with Gasteiger partial charge in [0.15, 0.2) is 0 Å². The number of fused-ring (bicyclic) bond motifs is 14. The highest BCUT2D eigenvalue weighted by molar-refractivity contribution is 6.51. The maximum atomic E-state index is 5.00. The predicted octanol–water partition coefficient (Wildman–Crippen LogP) is 23.2. The molecule has 0 aromatic heterocycles. The Morgan fingerprint density at radius 1 is 0.163 bits per heavy atom. The fraction of sp³-hybridized carbons (Fsp3) is 0. The van der Waals surface area contributed by atoms with Gasteiger partial charge < -0.3 is 0 Å². The minimum absolute atomic E-state index is 1.22. The molecule has 0 bridgehead atoms. The van der Waals surface area contributed by atoms with E-state index in [0.717, 1.165) is 0 Å². The van der Waals surface area contributed by atoms with Crippen molar-refractivity contribution in [2.45, 2.75) is 0 Å². The van der Waals surface area contributed by atoms with E-state index in [9.17, 15) is 0 Å². The normalized spacial score (nSPS) is 12.7. The molecule has 0 nitrogen and oxygen atoms in total. The van der Waals surface area contributed by atoms with Crippen LogP contribution in [0.25, 0.3) is 196 Å². The third kappa shape index (κ3) is 5.40. The number of benzene rings is 16. The molecule has 1 aliphatic rings. The number of hydrogen-bond donors (Lipinski definition) is 0. The summed E-state index contributed by atoms with van der Waals surface area (Å²) in [5, 5.41) is 29.0. The molecule has 0 heterocycles. The molecule has 18 aromatic rings. The zero-order valence-corrected chi connectivity index (χ0v) is 43.4. The molecule has 0 heteroatoms. The Bertz CT molecular complexity index is 5670. The second-order valence-electron chi connectivity index (χ2n) is 22.4. The summed E-state index contributed by atoms with van der Waals surface area (Å²) in [5.41, 5.74) is 17.8. The molecule has 368 valence electrons. The van der Waals surface area contributed by atoms with Crippen molar-refractivity contribution < 1.29 is 5.94 Å². The van der Waals surface area contributed by atoms with Gasteiger partial charge in [-0.2, -0.15) is 0 Å². The van der Waals surface area contributed by atoms with E-state index in [-0.39, 0.29) is 0 Å². The smallest absolute Gasteiger partial charge is 0 e. The standard InChI is InChI=1S/C80H44.2H2/c1-4-19-45(20-5-1)50-27-12-15-30-53(50)71-61-34-18-33-55-52-29-14-17-32-56(52)76(72(55)61)80-65-42-38-60-58-37-41-64-74-62(39-35-57(69(58)74)59-36-40-63(78(71)80)75(65)70(59)60)77-68(47-23-8-3-9-24-47)66-43-48-25-10-11-26-49(48)44-67(66)73(79(64)77)54-31-16-13-28-51(54)46-21-6-2-7-22-46;;/h1-44H;2*1H/i;2*1+1D. The molecule has 0 amide bonds. The molecule has 19 rings (SSSR count). The molecule has 0 fully saturated rings. The molecule has 1 aliphatic carbocycles. The van der Waals surface area contributed by atoms with Crippen molar-refractivity contribution in [1.29, 1.82) is 0 Å². The van der Waals surface area contributed by atoms with Crippen LogP contribution >= 0.6 is 0 Å². The van der Waals surface area contributed by atoms with Gasteiger partial charge in [-0.1, -0.05) is 255 Å². The van der Waals surface area contributed by atoms with E-state index >= 15 is 0 Å². The summed E-state index contributed by atoms with van der Waals surface area (Å²) >= 11 is 0. The van der Waals surface area contributed by atoms with Crippen molar-refractivity contribution in [3.05, 3.63) is 267 Å². The first-order valence-corrected chi connectivity index (χ1v) is 28.1. The van der Waals surface area contributed by atoms with Crippen LogP contribution in [0.1, 0.15) is 5.94 Å². The van der Waals surface area contributed by atoms with Gasteiger partial charge in [0.05, 0.1) is 0 Å². The first-order chi connectivity index (χ1) is 41.8. The zero-order chi connectivity index (χ0) is 55.9. The van der Waals surface area contributed by atoms with Gasteiger partial charge in [0.25, 0.3) is 0 Å². The average Bonchev–Trinajstić information content (AvgIpc) is 1.52. The Morgan fingerprint density at radius 3 is 1.14 bits per heavy atom. The van der Waals surface area contributed by atoms with E-state index in [1.165, 1.54) is 196 Å². The van der Waals surface area contributed by atoms with Crippen LogP contribution in [0.15, 0.2) is 267 Å². The van der Waals surface area contributed by atoms with E-state index in [4.69, 9.17) is 5.94 Å². The van der Waals surface area contributed by atoms with E-state index in [2.05, 4.69) is 267 Å². The van der Waals surface area contributed by atoms with Crippen LogP contribution < -0.4 is 0 Å². The fourth-order valence-electron chi connectivity index (χ4n) is 15.5. The van der Waals surface area contributed by atoms with E-state index in [1.807, 2.05) is 0 Å². The topological polar surface area (TPSA) is 0 Å². The quantitative estimate of drug-likeness (QED) is 0.119. The lowest BCUT2D eigenvalue weighted by atomic mass is 9.80. The summed E-state index contributed by atoms with van der Waals surface area (Å²) in [6.07, 6.45) is 0. The van der Waals surface area contributed by atoms with Crippen molar-refractivity contribution in [2.75, 3.05) is 0 Å². The Hall–Kier alpha value is -10.4. The average molecular weight is 1010 g/mol. The van der Waals surface area contributed by atoms with Gasteiger partial charge >= 0.3 is 0 Å². The lowest BCUT2D eigenvalue weighted by molar-refractivity contribution is 1.59. The minimum Gasteiger partial charge on any atom is -0.0622 e. The molecule has 0 aliphatic heterocycles. The lowest BCUT2D eigenvalue weighted by Gasteiger charge is -2.22. The second-order valence-corrected chi connectivity index (χ2v) is 22.4. The van der Waals surface area contributed by atoms with Crippen LogP contribution in [0.2, 0.25) is 0 Å². The molecular weight excluding hydrogens is 961 g/mol. The zero-order valence-electron chi connectivity index (χ0n) is 47.4. The van der Waals surface area contributed by atoms with Crippen molar-refractivity contribution in [2.24, 2.45) is 0 Å². The third-order valence-corrected chi connectivity index (χ3v) is 18.6. The molecule has 80 heavy (non-hydrogen) atoms. The van der Waals surface area contributed by atoms with E-state index in [0.29, 0.717) is 0 Å². The predicted molar refractivity (Wildman–Crippen MR) is 348 cm³/mol. The minimum atomic E-state index is 1.22. The molecule has 0 spiro atoms. The number of hydrogen-bond acceptors (Lipinski definition) is 0. The van der Waals surface area contributed by atoms with Crippen molar-refractivity contribution in [3.8, 4) is 77.9 Å². The van der Waals surface area contributed by atoms with Crippen molar-refractivity contribution in [1.82, 2.24) is 0 Å². The maximum absolute atomic E-state index is 5.00. The molecule has 0 saturated heterocycles. The van der Waals surface area contributed by atoms with Gasteiger partial charge in [0.2, 0.25) is 0 Å². The Labute approximate surface area is 466 Å². The highest BCUT2D eigenvalue weighted by Crippen LogP contribution is 2.62. The lowest BCUT2D eigenvalue weighted by Crippen LogP contribution is -1.95. The molecular formula is C80H48. The Balaban J connectivity index is 0.00000136. The van der Waals surface area contributed by atoms with Gasteiger partial charge in [-0.3, -0.25) is 0 Å². The van der Waals surface area contributed by atoms with Crippen LogP contribution in [0.5, 0.6) is 0 Å². The summed E-state index contributed by atoms with van der Waals surface area (Å²) in [6.45, 7) is 0. The SMILES string of the molecule is [2H][2H].[2H][2H].c1ccc(-c2ccccc2-c2c3c(c(-c4ccccc4)c4cc5ccccc5cc24)-c2ccc4c5ccc6c7c(-c8ccccc8-c8ccccc8)c8cccc9c%10ccccc%10c(c89)c7c7ccc(c8ccc-3c2c48)c5c67)cc1. The first-order valence-electron chi connectivity index (χ1n) is 30.1. The van der Waals surface area contributed by atoms with Crippen LogP contribution in [-0.2, 0) is 0 Å². The highest BCUT2D eigenvalue weighted by Gasteiger charge is 2.34. The van der Waals surface area contributed by atoms with E-state index < -0.39 is 0 Å². The summed E-state index contributed by atoms with van der Waals surface area (Å²) in [7, 11) is 0. The van der Waals surface area contributed by atoms with Crippen LogP contribution in [0, 0.1) is 0 Å². The summed E-state index contributed by atoms with van der Waals surface area (Å²) in [4.78, 5) is 0. The van der Waals surface area contributed by atoms with Gasteiger partial charge in [0.1, 0.15) is 0 Å². The van der Waals surface area contributed by atoms with Crippen LogP contribution in [-0.4, -0.2) is 0 Å². The third-order valence-electron chi connectivity index (χ3n) is 18.6. The summed E-state index contributed by atoms with van der Waals surface area (Å²) in [5.74, 6) is 0. The van der Waals surface area contributed by atoms with Crippen LogP contribution in [0.4, 0.5) is 0 Å². The van der Waals surface area contributed by atoms with Crippen molar-refractivity contribution >= 4 is 118 Å². The van der Waals surface area contributed by atoms with Gasteiger partial charge in [-0.15, -0.1) is 0 Å². The van der Waals surface area contributed by atoms with Gasteiger partial charge in [0, 0.05) is 5.94 Å². The molecule has 0 atom stereocenters. The Kier molecular flexibility index (Phi) is 7.97. The molecule has 0 saturated carbocycles. The summed E-state index contributed by atoms with van der Waals surface area (Å²) < 4.78 is 20.0. The fourth-order valence-corrected chi connectivity index (χ4v) is 15.5. The largest absolute Gasteiger partial charge is 0.0622 e. The summed E-state index contributed by atoms with van der Waals surface area (Å²) in [6, 6.07) is 101. The first kappa shape index (κ1) is 40.8.